The summed E-state index contributed by atoms with van der Waals surface area (Å²) in [5, 5.41) is 20.9. The molecule has 4 aliphatic carbocycles. The van der Waals surface area contributed by atoms with Gasteiger partial charge in [-0.2, -0.15) is 0 Å². The maximum Gasteiger partial charge on any atom is 0.306 e. The molecule has 5 heteroatoms. The second-order valence-electron chi connectivity index (χ2n) is 9.51. The van der Waals surface area contributed by atoms with E-state index in [1.165, 1.54) is 6.92 Å². The van der Waals surface area contributed by atoms with Gasteiger partial charge in [-0.1, -0.05) is 13.5 Å². The molecule has 4 saturated carbocycles. The minimum atomic E-state index is -0.779. The number of aliphatic hydroxyl groups excluding tert-OH is 1. The zero-order valence-corrected chi connectivity index (χ0v) is 15.7. The normalized spacial score (nSPS) is 49.9. The van der Waals surface area contributed by atoms with Crippen LogP contribution in [-0.2, 0) is 14.3 Å². The van der Waals surface area contributed by atoms with Crippen LogP contribution in [0.25, 0.3) is 0 Å². The van der Waals surface area contributed by atoms with Crippen molar-refractivity contribution in [3.63, 3.8) is 0 Å². The molecule has 5 nitrogen and oxygen atoms in total. The highest BCUT2D eigenvalue weighted by Gasteiger charge is 2.66. The van der Waals surface area contributed by atoms with Gasteiger partial charge in [0.1, 0.15) is 6.10 Å². The summed E-state index contributed by atoms with van der Waals surface area (Å²) in [6.07, 6.45) is 5.03. The summed E-state index contributed by atoms with van der Waals surface area (Å²) in [5.74, 6) is -0.845. The molecule has 0 amide bonds. The highest BCUT2D eigenvalue weighted by atomic mass is 16.5. The fourth-order valence-electron chi connectivity index (χ4n) is 7.55. The molecule has 0 radical (unpaired) electrons. The molecule has 4 aliphatic rings. The van der Waals surface area contributed by atoms with Gasteiger partial charge in [0.25, 0.3) is 0 Å². The Labute approximate surface area is 154 Å². The molecule has 0 aliphatic heterocycles. The summed E-state index contributed by atoms with van der Waals surface area (Å²) in [4.78, 5) is 23.5. The average Bonchev–Trinajstić information content (AvgIpc) is 2.73. The molecule has 8 atom stereocenters. The van der Waals surface area contributed by atoms with E-state index in [4.69, 9.17) is 4.74 Å². The van der Waals surface area contributed by atoms with E-state index in [2.05, 4.69) is 13.5 Å². The predicted molar refractivity (Wildman–Crippen MR) is 95.2 cm³/mol. The third kappa shape index (κ3) is 2.32. The first kappa shape index (κ1) is 18.0. The number of fused-ring (bicyclic) bond motifs is 3. The summed E-state index contributed by atoms with van der Waals surface area (Å²) < 4.78 is 5.51. The molecule has 0 aromatic rings. The van der Waals surface area contributed by atoms with Crippen LogP contribution in [0.3, 0.4) is 0 Å². The highest BCUT2D eigenvalue weighted by Crippen LogP contribution is 2.70. The minimum absolute atomic E-state index is 0.0834. The molecule has 26 heavy (non-hydrogen) atoms. The number of ether oxygens (including phenoxy) is 1. The monoisotopic (exact) mass is 362 g/mol. The van der Waals surface area contributed by atoms with Gasteiger partial charge in [-0.25, -0.2) is 0 Å². The van der Waals surface area contributed by atoms with Gasteiger partial charge in [0.05, 0.1) is 12.0 Å². The van der Waals surface area contributed by atoms with Gasteiger partial charge in [0.15, 0.2) is 0 Å². The second kappa shape index (κ2) is 5.82. The number of carboxylic acid groups (broad SMARTS) is 1. The SMILES string of the molecule is C=C1C2CCC3C4(C)CC(OC(C)=O)CC(C(=O)O)C4CCC3(C2)C1O. The molecule has 0 aromatic heterocycles. The number of aliphatic hydroxyl groups is 1. The summed E-state index contributed by atoms with van der Waals surface area (Å²) in [7, 11) is 0. The van der Waals surface area contributed by atoms with E-state index in [-0.39, 0.29) is 34.7 Å². The van der Waals surface area contributed by atoms with Crippen molar-refractivity contribution in [1.29, 1.82) is 0 Å². The van der Waals surface area contributed by atoms with Gasteiger partial charge in [0.2, 0.25) is 0 Å². The molecular weight excluding hydrogens is 332 g/mol. The van der Waals surface area contributed by atoms with Crippen molar-refractivity contribution in [3.8, 4) is 0 Å². The highest BCUT2D eigenvalue weighted by molar-refractivity contribution is 5.71. The van der Waals surface area contributed by atoms with E-state index in [9.17, 15) is 19.8 Å². The summed E-state index contributed by atoms with van der Waals surface area (Å²) in [5.41, 5.74) is 0.597. The van der Waals surface area contributed by atoms with Crippen LogP contribution < -0.4 is 0 Å². The summed E-state index contributed by atoms with van der Waals surface area (Å²) >= 11 is 0. The van der Waals surface area contributed by atoms with Crippen LogP contribution in [0.15, 0.2) is 12.2 Å². The van der Waals surface area contributed by atoms with Crippen LogP contribution in [-0.4, -0.2) is 34.4 Å². The van der Waals surface area contributed by atoms with Crippen LogP contribution >= 0.6 is 0 Å². The quantitative estimate of drug-likeness (QED) is 0.582. The first-order chi connectivity index (χ1) is 12.2. The van der Waals surface area contributed by atoms with E-state index in [1.54, 1.807) is 0 Å². The molecule has 4 fully saturated rings. The Morgan fingerprint density at radius 1 is 1.23 bits per heavy atom. The van der Waals surface area contributed by atoms with E-state index in [1.807, 2.05) is 0 Å². The maximum atomic E-state index is 12.0. The Hall–Kier alpha value is -1.36. The van der Waals surface area contributed by atoms with Gasteiger partial charge < -0.3 is 14.9 Å². The number of esters is 1. The molecule has 2 N–H and O–H groups in total. The molecule has 1 spiro atoms. The lowest BCUT2D eigenvalue weighted by molar-refractivity contribution is -0.192. The van der Waals surface area contributed by atoms with Gasteiger partial charge in [-0.15, -0.1) is 0 Å². The Balaban J connectivity index is 1.73. The van der Waals surface area contributed by atoms with Crippen LogP contribution in [0.4, 0.5) is 0 Å². The smallest absolute Gasteiger partial charge is 0.306 e. The topological polar surface area (TPSA) is 83.8 Å². The molecule has 8 unspecified atom stereocenters. The van der Waals surface area contributed by atoms with Crippen LogP contribution in [0.2, 0.25) is 0 Å². The Bertz CT molecular complexity index is 657. The lowest BCUT2D eigenvalue weighted by atomic mass is 9.43. The molecule has 144 valence electrons. The molecule has 0 heterocycles. The van der Waals surface area contributed by atoms with Crippen molar-refractivity contribution in [1.82, 2.24) is 0 Å². The first-order valence-electron chi connectivity index (χ1n) is 9.96. The van der Waals surface area contributed by atoms with Gasteiger partial charge >= 0.3 is 11.9 Å². The number of hydrogen-bond acceptors (Lipinski definition) is 4. The summed E-state index contributed by atoms with van der Waals surface area (Å²) in [6, 6.07) is 0. The lowest BCUT2D eigenvalue weighted by Gasteiger charge is -2.62. The molecule has 4 rings (SSSR count). The molecule has 2 bridgehead atoms. The number of carbonyl (C=O) groups excluding carboxylic acids is 1. The van der Waals surface area contributed by atoms with Crippen molar-refractivity contribution < 1.29 is 24.5 Å². The number of carbonyl (C=O) groups is 2. The minimum Gasteiger partial charge on any atom is -0.481 e. The summed E-state index contributed by atoms with van der Waals surface area (Å²) in [6.45, 7) is 7.76. The third-order valence-electron chi connectivity index (χ3n) is 8.43. The third-order valence-corrected chi connectivity index (χ3v) is 8.43. The van der Waals surface area contributed by atoms with Crippen molar-refractivity contribution >= 4 is 11.9 Å². The zero-order valence-electron chi connectivity index (χ0n) is 15.7. The van der Waals surface area contributed by atoms with Crippen molar-refractivity contribution in [3.05, 3.63) is 12.2 Å². The van der Waals surface area contributed by atoms with Crippen LogP contribution in [0.1, 0.15) is 58.8 Å². The van der Waals surface area contributed by atoms with Gasteiger partial charge in [-0.3, -0.25) is 9.59 Å². The van der Waals surface area contributed by atoms with E-state index in [0.717, 1.165) is 37.7 Å². The van der Waals surface area contributed by atoms with Gasteiger partial charge in [-0.05, 0) is 73.7 Å². The zero-order chi connectivity index (χ0) is 18.9. The Kier molecular flexibility index (Phi) is 4.03. The van der Waals surface area contributed by atoms with Gasteiger partial charge in [0, 0.05) is 12.3 Å². The largest absolute Gasteiger partial charge is 0.481 e. The Morgan fingerprint density at radius 3 is 2.62 bits per heavy atom. The predicted octanol–water partition coefficient (Wildman–Crippen LogP) is 3.16. The van der Waals surface area contributed by atoms with Crippen LogP contribution in [0, 0.1) is 34.5 Å². The standard InChI is InChI=1S/C21H30O5/c1-11-13-4-5-17-20(3)10-14(26-12(2)22)8-15(19(24)25)16(20)6-7-21(17,9-13)18(11)23/h13-18,23H,1,4-10H2,2-3H3,(H,24,25). The fourth-order valence-corrected chi connectivity index (χ4v) is 7.55. The van der Waals surface area contributed by atoms with E-state index in [0.29, 0.717) is 18.8 Å². The number of hydrogen-bond donors (Lipinski definition) is 2. The van der Waals surface area contributed by atoms with Crippen molar-refractivity contribution in [2.45, 2.75) is 71.0 Å². The van der Waals surface area contributed by atoms with Crippen LogP contribution in [0.5, 0.6) is 0 Å². The molecule has 0 aromatic carbocycles. The fraction of sp³-hybridized carbons (Fsp3) is 0.810. The average molecular weight is 362 g/mol. The Morgan fingerprint density at radius 2 is 1.96 bits per heavy atom. The number of aliphatic carboxylic acids is 1. The second-order valence-corrected chi connectivity index (χ2v) is 9.51. The van der Waals surface area contributed by atoms with Crippen molar-refractivity contribution in [2.24, 2.45) is 34.5 Å². The van der Waals surface area contributed by atoms with Crippen molar-refractivity contribution in [2.75, 3.05) is 0 Å². The van der Waals surface area contributed by atoms with E-state index < -0.39 is 18.0 Å². The number of rotatable bonds is 2. The molecular formula is C21H30O5. The lowest BCUT2D eigenvalue weighted by Crippen LogP contribution is -2.59. The maximum absolute atomic E-state index is 12.0. The molecule has 0 saturated heterocycles. The number of carboxylic acids is 1. The van der Waals surface area contributed by atoms with E-state index >= 15 is 0 Å². The first-order valence-corrected chi connectivity index (χ1v) is 9.96.